The average molecular weight is 239 g/mol. The van der Waals surface area contributed by atoms with Gasteiger partial charge in [0.05, 0.1) is 17.5 Å². The van der Waals surface area contributed by atoms with E-state index in [-0.39, 0.29) is 5.56 Å². The van der Waals surface area contributed by atoms with E-state index < -0.39 is 5.97 Å². The van der Waals surface area contributed by atoms with Crippen molar-refractivity contribution >= 4 is 11.6 Å². The Labute approximate surface area is 102 Å². The van der Waals surface area contributed by atoms with Gasteiger partial charge in [0.2, 0.25) is 0 Å². The molecule has 0 atom stereocenters. The van der Waals surface area contributed by atoms with Gasteiger partial charge in [0.25, 0.3) is 0 Å². The minimum atomic E-state index is -0.962. The van der Waals surface area contributed by atoms with Crippen molar-refractivity contribution in [3.05, 3.63) is 54.4 Å². The van der Waals surface area contributed by atoms with Gasteiger partial charge in [-0.15, -0.1) is 0 Å². The van der Waals surface area contributed by atoms with Crippen LogP contribution in [0, 0.1) is 0 Å². The van der Waals surface area contributed by atoms with Crippen molar-refractivity contribution in [3.63, 3.8) is 0 Å². The average Bonchev–Trinajstić information content (AvgIpc) is 2.82. The first-order chi connectivity index (χ1) is 8.77. The second kappa shape index (κ2) is 3.96. The van der Waals surface area contributed by atoms with Crippen molar-refractivity contribution in [2.75, 3.05) is 0 Å². The number of hydrogen-bond acceptors (Lipinski definition) is 3. The highest BCUT2D eigenvalue weighted by Crippen LogP contribution is 2.23. The van der Waals surface area contributed by atoms with E-state index in [1.165, 1.54) is 0 Å². The van der Waals surface area contributed by atoms with Gasteiger partial charge in [-0.05, 0) is 18.2 Å². The zero-order valence-corrected chi connectivity index (χ0v) is 9.32. The Hall–Kier alpha value is -2.69. The summed E-state index contributed by atoms with van der Waals surface area (Å²) in [5, 5.41) is 13.4. The quantitative estimate of drug-likeness (QED) is 0.743. The maximum Gasteiger partial charge on any atom is 0.336 e. The molecule has 1 aromatic carbocycles. The third-order valence-corrected chi connectivity index (χ3v) is 2.71. The molecular weight excluding hydrogens is 230 g/mol. The van der Waals surface area contributed by atoms with Crippen LogP contribution in [0.1, 0.15) is 10.4 Å². The Morgan fingerprint density at radius 3 is 2.83 bits per heavy atom. The summed E-state index contributed by atoms with van der Waals surface area (Å²) in [6.07, 6.45) is 3.27. The number of hydrogen-bond donors (Lipinski definition) is 1. The summed E-state index contributed by atoms with van der Waals surface area (Å²) in [5.41, 5.74) is 2.21. The van der Waals surface area contributed by atoms with Crippen LogP contribution in [0.25, 0.3) is 16.9 Å². The van der Waals surface area contributed by atoms with E-state index in [0.29, 0.717) is 16.9 Å². The summed E-state index contributed by atoms with van der Waals surface area (Å²) in [6.45, 7) is 0. The SMILES string of the molecule is O=C(O)c1ccccc1-c1cnc2cccnn12. The van der Waals surface area contributed by atoms with Crippen molar-refractivity contribution in [3.8, 4) is 11.3 Å². The van der Waals surface area contributed by atoms with Gasteiger partial charge in [-0.2, -0.15) is 5.10 Å². The molecule has 0 aliphatic heterocycles. The summed E-state index contributed by atoms with van der Waals surface area (Å²) in [5.74, 6) is -0.962. The first-order valence-corrected chi connectivity index (χ1v) is 5.39. The van der Waals surface area contributed by atoms with Crippen LogP contribution in [0.2, 0.25) is 0 Å². The minimum absolute atomic E-state index is 0.241. The third-order valence-electron chi connectivity index (χ3n) is 2.71. The number of benzene rings is 1. The molecule has 88 valence electrons. The maximum atomic E-state index is 11.2. The van der Waals surface area contributed by atoms with Gasteiger partial charge in [-0.25, -0.2) is 14.3 Å². The number of imidazole rings is 1. The standard InChI is InChI=1S/C13H9N3O2/c17-13(18)10-5-2-1-4-9(10)11-8-14-12-6-3-7-15-16(11)12/h1-8H,(H,17,18). The molecule has 0 radical (unpaired) electrons. The first kappa shape index (κ1) is 10.5. The van der Waals surface area contributed by atoms with E-state index in [0.717, 1.165) is 0 Å². The van der Waals surface area contributed by atoms with Crippen LogP contribution >= 0.6 is 0 Å². The molecular formula is C13H9N3O2. The molecule has 0 aliphatic carbocycles. The maximum absolute atomic E-state index is 11.2. The van der Waals surface area contributed by atoms with E-state index >= 15 is 0 Å². The zero-order valence-electron chi connectivity index (χ0n) is 9.32. The molecule has 3 rings (SSSR count). The lowest BCUT2D eigenvalue weighted by Gasteiger charge is -2.04. The molecule has 1 N–H and O–H groups in total. The molecule has 0 amide bonds. The molecule has 0 saturated heterocycles. The Morgan fingerprint density at radius 1 is 1.17 bits per heavy atom. The molecule has 0 aliphatic rings. The molecule has 0 spiro atoms. The molecule has 3 aromatic rings. The van der Waals surface area contributed by atoms with E-state index in [1.54, 1.807) is 47.2 Å². The predicted molar refractivity (Wildman–Crippen MR) is 65.4 cm³/mol. The van der Waals surface area contributed by atoms with Crippen LogP contribution in [-0.2, 0) is 0 Å². The molecule has 5 nitrogen and oxygen atoms in total. The highest BCUT2D eigenvalue weighted by atomic mass is 16.4. The summed E-state index contributed by atoms with van der Waals surface area (Å²) in [4.78, 5) is 15.4. The molecule has 5 heteroatoms. The van der Waals surface area contributed by atoms with Gasteiger partial charge < -0.3 is 5.11 Å². The lowest BCUT2D eigenvalue weighted by molar-refractivity contribution is 0.0697. The summed E-state index contributed by atoms with van der Waals surface area (Å²) >= 11 is 0. The topological polar surface area (TPSA) is 67.5 Å². The molecule has 0 fully saturated rings. The van der Waals surface area contributed by atoms with Crippen LogP contribution in [0.4, 0.5) is 0 Å². The van der Waals surface area contributed by atoms with E-state index in [4.69, 9.17) is 0 Å². The number of carbonyl (C=O) groups is 1. The molecule has 0 bridgehead atoms. The minimum Gasteiger partial charge on any atom is -0.478 e. The highest BCUT2D eigenvalue weighted by molar-refractivity contribution is 5.95. The summed E-state index contributed by atoms with van der Waals surface area (Å²) < 4.78 is 1.63. The number of carboxylic acids is 1. The number of nitrogens with zero attached hydrogens (tertiary/aromatic N) is 3. The van der Waals surface area contributed by atoms with Gasteiger partial charge in [0.15, 0.2) is 5.65 Å². The zero-order chi connectivity index (χ0) is 12.5. The van der Waals surface area contributed by atoms with Crippen LogP contribution in [0.3, 0.4) is 0 Å². The Bertz CT molecular complexity index is 734. The van der Waals surface area contributed by atoms with Gasteiger partial charge in [0, 0.05) is 11.8 Å². The van der Waals surface area contributed by atoms with Crippen LogP contribution in [0.15, 0.2) is 48.8 Å². The summed E-state index contributed by atoms with van der Waals surface area (Å²) in [7, 11) is 0. The molecule has 0 unspecified atom stereocenters. The van der Waals surface area contributed by atoms with Crippen LogP contribution in [-0.4, -0.2) is 25.7 Å². The van der Waals surface area contributed by atoms with Crippen LogP contribution < -0.4 is 0 Å². The van der Waals surface area contributed by atoms with E-state index in [2.05, 4.69) is 10.1 Å². The van der Waals surface area contributed by atoms with Gasteiger partial charge in [-0.1, -0.05) is 18.2 Å². The number of carboxylic acid groups (broad SMARTS) is 1. The smallest absolute Gasteiger partial charge is 0.336 e. The van der Waals surface area contributed by atoms with Crippen molar-refractivity contribution in [2.24, 2.45) is 0 Å². The Morgan fingerprint density at radius 2 is 2.00 bits per heavy atom. The molecule has 0 saturated carbocycles. The monoisotopic (exact) mass is 239 g/mol. The fraction of sp³-hybridized carbons (Fsp3) is 0. The van der Waals surface area contributed by atoms with Crippen molar-refractivity contribution in [1.29, 1.82) is 0 Å². The van der Waals surface area contributed by atoms with Crippen LogP contribution in [0.5, 0.6) is 0 Å². The third kappa shape index (κ3) is 1.53. The van der Waals surface area contributed by atoms with Crippen molar-refractivity contribution < 1.29 is 9.90 Å². The Kier molecular flexibility index (Phi) is 2.30. The van der Waals surface area contributed by atoms with E-state index in [1.807, 2.05) is 6.07 Å². The number of aromatic carboxylic acids is 1. The first-order valence-electron chi connectivity index (χ1n) is 5.39. The Balaban J connectivity index is 2.30. The van der Waals surface area contributed by atoms with Gasteiger partial charge >= 0.3 is 5.97 Å². The largest absolute Gasteiger partial charge is 0.478 e. The lowest BCUT2D eigenvalue weighted by atomic mass is 10.1. The summed E-state index contributed by atoms with van der Waals surface area (Å²) in [6, 6.07) is 10.4. The van der Waals surface area contributed by atoms with Crippen molar-refractivity contribution in [1.82, 2.24) is 14.6 Å². The lowest BCUT2D eigenvalue weighted by Crippen LogP contribution is -2.01. The fourth-order valence-corrected chi connectivity index (χ4v) is 1.91. The second-order valence-corrected chi connectivity index (χ2v) is 3.79. The van der Waals surface area contributed by atoms with E-state index in [9.17, 15) is 9.90 Å². The molecule has 18 heavy (non-hydrogen) atoms. The number of aromatic nitrogens is 3. The van der Waals surface area contributed by atoms with Gasteiger partial charge in [-0.3, -0.25) is 0 Å². The van der Waals surface area contributed by atoms with Gasteiger partial charge in [0.1, 0.15) is 0 Å². The fourth-order valence-electron chi connectivity index (χ4n) is 1.91. The number of rotatable bonds is 2. The molecule has 2 aromatic heterocycles. The second-order valence-electron chi connectivity index (χ2n) is 3.79. The normalized spacial score (nSPS) is 10.7. The van der Waals surface area contributed by atoms with Crippen molar-refractivity contribution in [2.45, 2.75) is 0 Å². The molecule has 2 heterocycles. The predicted octanol–water partition coefficient (Wildman–Crippen LogP) is 2.09. The highest BCUT2D eigenvalue weighted by Gasteiger charge is 2.14. The number of fused-ring (bicyclic) bond motifs is 1.